The lowest BCUT2D eigenvalue weighted by Crippen LogP contribution is -2.40. The smallest absolute Gasteiger partial charge is 0.316 e. The van der Waals surface area contributed by atoms with E-state index in [1.54, 1.807) is 0 Å². The minimum absolute atomic E-state index is 0.128. The topological polar surface area (TPSA) is 67.2 Å². The first-order valence-corrected chi connectivity index (χ1v) is 6.62. The number of benzene rings is 1. The Morgan fingerprint density at radius 2 is 2.15 bits per heavy atom. The fourth-order valence-corrected chi connectivity index (χ4v) is 2.95. The highest BCUT2D eigenvalue weighted by Gasteiger charge is 2.45. The molecule has 1 aromatic rings. The molecule has 1 saturated carbocycles. The van der Waals surface area contributed by atoms with Crippen LogP contribution in [0.1, 0.15) is 30.4 Å². The van der Waals surface area contributed by atoms with E-state index in [4.69, 9.17) is 4.74 Å². The predicted octanol–water partition coefficient (Wildman–Crippen LogP) is 2.30. The van der Waals surface area contributed by atoms with Gasteiger partial charge < -0.3 is 4.74 Å². The number of nitrogens with zero attached hydrogens (tertiary/aromatic N) is 1. The number of hydrogen-bond donors (Lipinski definition) is 0. The Hall–Kier alpha value is -2.15. The predicted molar refractivity (Wildman–Crippen MR) is 72.8 cm³/mol. The van der Waals surface area contributed by atoms with Gasteiger partial charge in [0.25, 0.3) is 0 Å². The van der Waals surface area contributed by atoms with E-state index >= 15 is 0 Å². The van der Waals surface area contributed by atoms with Crippen LogP contribution in [0.25, 0.3) is 0 Å². The molecule has 0 aromatic heterocycles. The first kappa shape index (κ1) is 14.3. The van der Waals surface area contributed by atoms with Crippen LogP contribution < -0.4 is 0 Å². The quantitative estimate of drug-likeness (QED) is 0.611. The van der Waals surface area contributed by atoms with Crippen LogP contribution >= 0.6 is 0 Å². The van der Waals surface area contributed by atoms with Gasteiger partial charge in [-0.15, -0.1) is 0 Å². The SMILES string of the molecule is COC(=O)C1CC(C#N)(c2ccccc2C)CCC1=O. The number of esters is 1. The molecule has 2 unspecified atom stereocenters. The number of carbonyl (C=O) groups is 2. The summed E-state index contributed by atoms with van der Waals surface area (Å²) in [5.74, 6) is -1.49. The number of ketones is 1. The minimum atomic E-state index is -0.826. The van der Waals surface area contributed by atoms with Gasteiger partial charge in [-0.1, -0.05) is 24.3 Å². The number of ether oxygens (including phenoxy) is 1. The Morgan fingerprint density at radius 1 is 1.45 bits per heavy atom. The van der Waals surface area contributed by atoms with Gasteiger partial charge in [0.05, 0.1) is 18.6 Å². The molecule has 0 heterocycles. The number of Topliss-reactive ketones (excluding diaryl/α,β-unsaturated/α-hetero) is 1. The number of carbonyl (C=O) groups excluding carboxylic acids is 2. The molecule has 2 atom stereocenters. The van der Waals surface area contributed by atoms with E-state index in [1.807, 2.05) is 31.2 Å². The van der Waals surface area contributed by atoms with Crippen LogP contribution in [-0.4, -0.2) is 18.9 Å². The highest BCUT2D eigenvalue weighted by atomic mass is 16.5. The van der Waals surface area contributed by atoms with Gasteiger partial charge in [-0.25, -0.2) is 0 Å². The van der Waals surface area contributed by atoms with Crippen molar-refractivity contribution >= 4 is 11.8 Å². The molecule has 0 N–H and O–H groups in total. The van der Waals surface area contributed by atoms with Crippen LogP contribution in [0.3, 0.4) is 0 Å². The van der Waals surface area contributed by atoms with Crippen LogP contribution in [0.2, 0.25) is 0 Å². The van der Waals surface area contributed by atoms with E-state index in [0.29, 0.717) is 6.42 Å². The average Bonchev–Trinajstić information content (AvgIpc) is 2.48. The molecular weight excluding hydrogens is 254 g/mol. The maximum atomic E-state index is 11.9. The highest BCUT2D eigenvalue weighted by Crippen LogP contribution is 2.41. The Kier molecular flexibility index (Phi) is 3.89. The zero-order valence-electron chi connectivity index (χ0n) is 11.7. The zero-order valence-corrected chi connectivity index (χ0v) is 11.7. The molecule has 0 bridgehead atoms. The van der Waals surface area contributed by atoms with Gasteiger partial charge in [-0.2, -0.15) is 5.26 Å². The summed E-state index contributed by atoms with van der Waals surface area (Å²) in [4.78, 5) is 23.6. The highest BCUT2D eigenvalue weighted by molar-refractivity contribution is 6.00. The minimum Gasteiger partial charge on any atom is -0.468 e. The molecule has 2 rings (SSSR count). The van der Waals surface area contributed by atoms with Gasteiger partial charge in [-0.3, -0.25) is 9.59 Å². The molecule has 1 aliphatic carbocycles. The third kappa shape index (κ3) is 2.32. The molecule has 1 fully saturated rings. The van der Waals surface area contributed by atoms with Gasteiger partial charge in [0.2, 0.25) is 0 Å². The van der Waals surface area contributed by atoms with Crippen molar-refractivity contribution in [3.05, 3.63) is 35.4 Å². The third-order valence-electron chi connectivity index (χ3n) is 4.10. The van der Waals surface area contributed by atoms with E-state index in [0.717, 1.165) is 11.1 Å². The largest absolute Gasteiger partial charge is 0.468 e. The summed E-state index contributed by atoms with van der Waals surface area (Å²) < 4.78 is 4.69. The number of rotatable bonds is 2. The van der Waals surface area contributed by atoms with Crippen LogP contribution in [0.15, 0.2) is 24.3 Å². The van der Waals surface area contributed by atoms with E-state index in [-0.39, 0.29) is 18.6 Å². The molecule has 4 nitrogen and oxygen atoms in total. The summed E-state index contributed by atoms with van der Waals surface area (Å²) in [6.07, 6.45) is 0.905. The number of methoxy groups -OCH3 is 1. The second-order valence-electron chi connectivity index (χ2n) is 5.26. The first-order chi connectivity index (χ1) is 9.54. The summed E-state index contributed by atoms with van der Waals surface area (Å²) in [5, 5.41) is 9.66. The molecule has 104 valence electrons. The molecule has 0 amide bonds. The van der Waals surface area contributed by atoms with E-state index in [2.05, 4.69) is 6.07 Å². The number of hydrogen-bond acceptors (Lipinski definition) is 4. The van der Waals surface area contributed by atoms with Gasteiger partial charge in [-0.05, 0) is 30.9 Å². The Labute approximate surface area is 118 Å². The van der Waals surface area contributed by atoms with Crippen molar-refractivity contribution in [1.29, 1.82) is 5.26 Å². The second kappa shape index (κ2) is 5.46. The molecule has 4 heteroatoms. The standard InChI is InChI=1S/C16H17NO3/c1-11-5-3-4-6-13(11)16(10-17)8-7-14(18)12(9-16)15(19)20-2/h3-6,12H,7-9H2,1-2H3. The molecule has 1 aliphatic rings. The Morgan fingerprint density at radius 3 is 2.75 bits per heavy atom. The third-order valence-corrected chi connectivity index (χ3v) is 4.10. The Balaban J connectivity index is 2.43. The van der Waals surface area contributed by atoms with Crippen LogP contribution in [0.4, 0.5) is 0 Å². The van der Waals surface area contributed by atoms with Gasteiger partial charge in [0.1, 0.15) is 11.7 Å². The number of nitriles is 1. The van der Waals surface area contributed by atoms with Crippen molar-refractivity contribution in [3.8, 4) is 6.07 Å². The summed E-state index contributed by atoms with van der Waals surface area (Å²) >= 11 is 0. The maximum absolute atomic E-state index is 11.9. The van der Waals surface area contributed by atoms with Crippen molar-refractivity contribution in [1.82, 2.24) is 0 Å². The van der Waals surface area contributed by atoms with E-state index < -0.39 is 17.3 Å². The van der Waals surface area contributed by atoms with Gasteiger partial charge in [0, 0.05) is 6.42 Å². The second-order valence-corrected chi connectivity index (χ2v) is 5.26. The lowest BCUT2D eigenvalue weighted by atomic mass is 9.65. The fraction of sp³-hybridized carbons (Fsp3) is 0.438. The van der Waals surface area contributed by atoms with Crippen molar-refractivity contribution in [2.24, 2.45) is 5.92 Å². The summed E-state index contributed by atoms with van der Waals surface area (Å²) in [6, 6.07) is 9.98. The van der Waals surface area contributed by atoms with Crippen LogP contribution in [0.5, 0.6) is 0 Å². The molecule has 0 radical (unpaired) electrons. The molecule has 0 aliphatic heterocycles. The Bertz CT molecular complexity index is 580. The van der Waals surface area contributed by atoms with Crippen molar-refractivity contribution < 1.29 is 14.3 Å². The zero-order chi connectivity index (χ0) is 14.8. The van der Waals surface area contributed by atoms with Gasteiger partial charge >= 0.3 is 5.97 Å². The average molecular weight is 271 g/mol. The summed E-state index contributed by atoms with van der Waals surface area (Å²) in [7, 11) is 1.27. The van der Waals surface area contributed by atoms with E-state index in [1.165, 1.54) is 7.11 Å². The first-order valence-electron chi connectivity index (χ1n) is 6.62. The molecule has 0 saturated heterocycles. The van der Waals surface area contributed by atoms with Crippen molar-refractivity contribution in [2.45, 2.75) is 31.6 Å². The molecular formula is C16H17NO3. The lowest BCUT2D eigenvalue weighted by Gasteiger charge is -2.35. The number of aryl methyl sites for hydroxylation is 1. The summed E-state index contributed by atoms with van der Waals surface area (Å²) in [5.41, 5.74) is 1.13. The van der Waals surface area contributed by atoms with Crippen molar-refractivity contribution in [3.63, 3.8) is 0 Å². The molecule has 20 heavy (non-hydrogen) atoms. The maximum Gasteiger partial charge on any atom is 0.316 e. The van der Waals surface area contributed by atoms with E-state index in [9.17, 15) is 14.9 Å². The lowest BCUT2D eigenvalue weighted by molar-refractivity contribution is -0.151. The normalized spacial score (nSPS) is 25.9. The fourth-order valence-electron chi connectivity index (χ4n) is 2.95. The van der Waals surface area contributed by atoms with Gasteiger partial charge in [0.15, 0.2) is 0 Å². The monoisotopic (exact) mass is 271 g/mol. The molecule has 1 aromatic carbocycles. The molecule has 0 spiro atoms. The van der Waals surface area contributed by atoms with Crippen LogP contribution in [-0.2, 0) is 19.7 Å². The van der Waals surface area contributed by atoms with Crippen LogP contribution in [0, 0.1) is 24.2 Å². The summed E-state index contributed by atoms with van der Waals surface area (Å²) in [6.45, 7) is 1.94. The van der Waals surface area contributed by atoms with Crippen molar-refractivity contribution in [2.75, 3.05) is 7.11 Å².